The third-order valence-corrected chi connectivity index (χ3v) is 4.41. The van der Waals surface area contributed by atoms with Crippen molar-refractivity contribution in [1.29, 1.82) is 0 Å². The summed E-state index contributed by atoms with van der Waals surface area (Å²) < 4.78 is 5.45. The van der Waals surface area contributed by atoms with E-state index < -0.39 is 0 Å². The highest BCUT2D eigenvalue weighted by Crippen LogP contribution is 2.29. The topological polar surface area (TPSA) is 62.6 Å². The Morgan fingerprint density at radius 2 is 2.00 bits per heavy atom. The van der Waals surface area contributed by atoms with Crippen molar-refractivity contribution < 1.29 is 14.0 Å². The number of benzene rings is 1. The van der Waals surface area contributed by atoms with Crippen molar-refractivity contribution in [2.24, 2.45) is 0 Å². The van der Waals surface area contributed by atoms with E-state index >= 15 is 0 Å². The van der Waals surface area contributed by atoms with E-state index in [4.69, 9.17) is 16.6 Å². The van der Waals surface area contributed by atoms with Crippen LogP contribution in [-0.2, 0) is 4.79 Å². The second kappa shape index (κ2) is 7.29. The van der Waals surface area contributed by atoms with Crippen molar-refractivity contribution in [3.8, 4) is 0 Å². The van der Waals surface area contributed by atoms with Gasteiger partial charge in [0.05, 0.1) is 11.2 Å². The minimum absolute atomic E-state index is 0.280. The number of carbonyl (C=O) groups excluding carboxylic acids is 2. The Balaban J connectivity index is 1.69. The maximum atomic E-state index is 12.4. The van der Waals surface area contributed by atoms with Gasteiger partial charge < -0.3 is 4.42 Å². The molecule has 1 aromatic heterocycles. The van der Waals surface area contributed by atoms with Crippen molar-refractivity contribution in [1.82, 2.24) is 10.4 Å². The first-order valence-electron chi connectivity index (χ1n) is 6.99. The predicted molar refractivity (Wildman–Crippen MR) is 96.8 cm³/mol. The molecule has 2 aromatic rings. The van der Waals surface area contributed by atoms with Crippen molar-refractivity contribution in [3.63, 3.8) is 0 Å². The van der Waals surface area contributed by atoms with Gasteiger partial charge in [-0.1, -0.05) is 36.0 Å². The number of thiocarbonyl (C=S) groups is 1. The number of allylic oxidation sites excluding steroid dienone is 2. The Hall–Kier alpha value is -2.64. The van der Waals surface area contributed by atoms with Gasteiger partial charge in [-0.25, -0.2) is 0 Å². The Morgan fingerprint density at radius 3 is 2.71 bits per heavy atom. The van der Waals surface area contributed by atoms with Gasteiger partial charge in [-0.05, 0) is 48.6 Å². The zero-order chi connectivity index (χ0) is 16.9. The molecule has 1 aromatic carbocycles. The number of thioether (sulfide) groups is 1. The van der Waals surface area contributed by atoms with Crippen molar-refractivity contribution in [2.45, 2.75) is 0 Å². The van der Waals surface area contributed by atoms with Crippen molar-refractivity contribution in [3.05, 3.63) is 77.1 Å². The van der Waals surface area contributed by atoms with Crippen LogP contribution in [-0.4, -0.2) is 21.1 Å². The van der Waals surface area contributed by atoms with Gasteiger partial charge in [0.2, 0.25) is 0 Å². The van der Waals surface area contributed by atoms with Crippen molar-refractivity contribution >= 4 is 46.2 Å². The molecule has 0 saturated carbocycles. The first kappa shape index (κ1) is 16.2. The van der Waals surface area contributed by atoms with Crippen LogP contribution in [0.4, 0.5) is 0 Å². The van der Waals surface area contributed by atoms with Crippen LogP contribution in [0.5, 0.6) is 0 Å². The highest BCUT2D eigenvalue weighted by Gasteiger charge is 2.33. The average Bonchev–Trinajstić information content (AvgIpc) is 3.20. The third-order valence-electron chi connectivity index (χ3n) is 3.09. The second-order valence-electron chi connectivity index (χ2n) is 4.72. The van der Waals surface area contributed by atoms with E-state index in [1.807, 2.05) is 6.07 Å². The lowest BCUT2D eigenvalue weighted by Gasteiger charge is -2.15. The molecule has 1 saturated heterocycles. The number of furan rings is 1. The Kier molecular flexibility index (Phi) is 4.93. The van der Waals surface area contributed by atoms with Gasteiger partial charge in [0.25, 0.3) is 11.8 Å². The van der Waals surface area contributed by atoms with Crippen LogP contribution in [0.25, 0.3) is 6.08 Å². The van der Waals surface area contributed by atoms with Crippen LogP contribution in [0.2, 0.25) is 0 Å². The van der Waals surface area contributed by atoms with Gasteiger partial charge in [0.1, 0.15) is 5.76 Å². The molecule has 2 amide bonds. The van der Waals surface area contributed by atoms with Crippen LogP contribution < -0.4 is 5.43 Å². The fourth-order valence-corrected chi connectivity index (χ4v) is 3.08. The SMILES string of the molecule is O=C(NN1C(=O)/C(=C/C=C/c2ccco2)SC1=S)c1ccccc1. The normalized spacial score (nSPS) is 16.3. The molecule has 0 radical (unpaired) electrons. The molecule has 1 aliphatic rings. The highest BCUT2D eigenvalue weighted by atomic mass is 32.2. The minimum Gasteiger partial charge on any atom is -0.465 e. The van der Waals surface area contributed by atoms with Gasteiger partial charge in [0, 0.05) is 5.56 Å². The summed E-state index contributed by atoms with van der Waals surface area (Å²) in [6.45, 7) is 0. The number of amides is 2. The van der Waals surface area contributed by atoms with E-state index in [9.17, 15) is 9.59 Å². The van der Waals surface area contributed by atoms with Gasteiger partial charge in [-0.15, -0.1) is 0 Å². The Labute approximate surface area is 148 Å². The monoisotopic (exact) mass is 356 g/mol. The highest BCUT2D eigenvalue weighted by molar-refractivity contribution is 8.26. The van der Waals surface area contributed by atoms with E-state index in [-0.39, 0.29) is 16.1 Å². The average molecular weight is 356 g/mol. The number of nitrogens with one attached hydrogen (secondary N) is 1. The van der Waals surface area contributed by atoms with E-state index in [2.05, 4.69) is 5.43 Å². The molecule has 0 bridgehead atoms. The Morgan fingerprint density at radius 1 is 1.21 bits per heavy atom. The third kappa shape index (κ3) is 3.64. The lowest BCUT2D eigenvalue weighted by molar-refractivity contribution is -0.123. The summed E-state index contributed by atoms with van der Waals surface area (Å²) in [7, 11) is 0. The second-order valence-corrected chi connectivity index (χ2v) is 6.40. The van der Waals surface area contributed by atoms with Crippen LogP contribution >= 0.6 is 24.0 Å². The number of hydrazine groups is 1. The van der Waals surface area contributed by atoms with Gasteiger partial charge in [-0.2, -0.15) is 5.01 Å². The number of carbonyl (C=O) groups is 2. The van der Waals surface area contributed by atoms with Crippen LogP contribution in [0, 0.1) is 0 Å². The molecule has 1 N–H and O–H groups in total. The molecule has 0 unspecified atom stereocenters. The maximum absolute atomic E-state index is 12.4. The molecule has 3 rings (SSSR count). The largest absolute Gasteiger partial charge is 0.465 e. The molecule has 0 atom stereocenters. The quantitative estimate of drug-likeness (QED) is 0.672. The molecule has 5 nitrogen and oxygen atoms in total. The Bertz CT molecular complexity index is 827. The fraction of sp³-hybridized carbons (Fsp3) is 0. The molecule has 0 spiro atoms. The van der Waals surface area contributed by atoms with Crippen LogP contribution in [0.1, 0.15) is 16.1 Å². The maximum Gasteiger partial charge on any atom is 0.285 e. The predicted octanol–water partition coefficient (Wildman–Crippen LogP) is 3.38. The molecule has 2 heterocycles. The van der Waals surface area contributed by atoms with E-state index in [0.717, 1.165) is 16.8 Å². The molecule has 120 valence electrons. The standard InChI is InChI=1S/C17H12N2O3S2/c20-15(12-6-2-1-3-7-12)18-19-16(21)14(24-17(19)23)10-4-8-13-9-5-11-22-13/h1-11H,(H,18,20)/b8-4+,14-10-. The van der Waals surface area contributed by atoms with Crippen LogP contribution in [0.3, 0.4) is 0 Å². The summed E-state index contributed by atoms with van der Waals surface area (Å²) in [6, 6.07) is 12.2. The number of nitrogens with zero attached hydrogens (tertiary/aromatic N) is 1. The molecule has 1 aliphatic heterocycles. The summed E-state index contributed by atoms with van der Waals surface area (Å²) in [4.78, 5) is 24.9. The van der Waals surface area contributed by atoms with E-state index in [1.165, 1.54) is 0 Å². The molecular formula is C17H12N2O3S2. The summed E-state index contributed by atoms with van der Waals surface area (Å²) in [6.07, 6.45) is 6.63. The lowest BCUT2D eigenvalue weighted by atomic mass is 10.2. The first-order chi connectivity index (χ1) is 11.6. The number of hydrogen-bond donors (Lipinski definition) is 1. The smallest absolute Gasteiger partial charge is 0.285 e. The zero-order valence-electron chi connectivity index (χ0n) is 12.3. The van der Waals surface area contributed by atoms with Gasteiger partial charge in [-0.3, -0.25) is 15.0 Å². The molecule has 7 heteroatoms. The molecule has 1 fully saturated rings. The summed E-state index contributed by atoms with van der Waals surface area (Å²) >= 11 is 6.29. The zero-order valence-corrected chi connectivity index (χ0v) is 14.0. The number of hydrogen-bond acceptors (Lipinski definition) is 5. The molecule has 24 heavy (non-hydrogen) atoms. The van der Waals surface area contributed by atoms with Gasteiger partial charge in [0.15, 0.2) is 4.32 Å². The van der Waals surface area contributed by atoms with E-state index in [0.29, 0.717) is 16.2 Å². The summed E-state index contributed by atoms with van der Waals surface area (Å²) in [5.41, 5.74) is 2.98. The first-order valence-corrected chi connectivity index (χ1v) is 8.22. The summed E-state index contributed by atoms with van der Waals surface area (Å²) in [5.74, 6) is -0.0724. The van der Waals surface area contributed by atoms with Gasteiger partial charge >= 0.3 is 0 Å². The van der Waals surface area contributed by atoms with E-state index in [1.54, 1.807) is 60.9 Å². The molecule has 0 aliphatic carbocycles. The summed E-state index contributed by atoms with van der Waals surface area (Å²) in [5, 5.41) is 1.09. The van der Waals surface area contributed by atoms with Crippen molar-refractivity contribution in [2.75, 3.05) is 0 Å². The molecular weight excluding hydrogens is 344 g/mol. The fourth-order valence-electron chi connectivity index (χ4n) is 1.95. The number of rotatable bonds is 4. The lowest BCUT2D eigenvalue weighted by Crippen LogP contribution is -2.44. The minimum atomic E-state index is -0.390. The van der Waals surface area contributed by atoms with Crippen LogP contribution in [0.15, 0.2) is 70.2 Å².